The van der Waals surface area contributed by atoms with Crippen LogP contribution >= 0.6 is 22.9 Å². The molecular weight excluding hydrogens is 334 g/mol. The van der Waals surface area contributed by atoms with E-state index in [1.54, 1.807) is 12.1 Å². The van der Waals surface area contributed by atoms with E-state index in [1.165, 1.54) is 11.3 Å². The molecule has 0 bridgehead atoms. The lowest BCUT2D eigenvalue weighted by Gasteiger charge is -2.23. The van der Waals surface area contributed by atoms with Crippen LogP contribution in [0.5, 0.6) is 0 Å². The predicted octanol–water partition coefficient (Wildman–Crippen LogP) is 2.60. The Morgan fingerprint density at radius 3 is 3.09 bits per heavy atom. The first-order valence-corrected chi connectivity index (χ1v) is 8.62. The number of benzene rings is 1. The summed E-state index contributed by atoms with van der Waals surface area (Å²) in [5.74, 6) is 0.0636. The molecule has 1 aromatic heterocycles. The van der Waals surface area contributed by atoms with Gasteiger partial charge in [-0.3, -0.25) is 4.79 Å². The maximum Gasteiger partial charge on any atom is 0.265 e. The molecule has 1 aliphatic heterocycles. The van der Waals surface area contributed by atoms with Gasteiger partial charge in [0.25, 0.3) is 5.91 Å². The van der Waals surface area contributed by atoms with Gasteiger partial charge in [-0.2, -0.15) is 0 Å². The summed E-state index contributed by atoms with van der Waals surface area (Å²) in [6.07, 6.45) is 2.04. The lowest BCUT2D eigenvalue weighted by molar-refractivity contribution is 0.0935. The molecule has 1 saturated heterocycles. The molecule has 2 heterocycles. The number of nitrogen functional groups attached to an aromatic ring is 1. The fourth-order valence-corrected chi connectivity index (χ4v) is 3.46. The van der Waals surface area contributed by atoms with E-state index in [-0.39, 0.29) is 17.8 Å². The van der Waals surface area contributed by atoms with Crippen molar-refractivity contribution in [3.63, 3.8) is 0 Å². The molecule has 0 radical (unpaired) electrons. The number of carbonyl (C=O) groups is 1. The molecule has 1 amide bonds. The van der Waals surface area contributed by atoms with Crippen molar-refractivity contribution < 1.29 is 4.79 Å². The van der Waals surface area contributed by atoms with E-state index in [9.17, 15) is 4.79 Å². The van der Waals surface area contributed by atoms with Gasteiger partial charge in [0, 0.05) is 23.3 Å². The first kappa shape index (κ1) is 16.0. The highest BCUT2D eigenvalue weighted by atomic mass is 35.5. The number of piperidine rings is 1. The molecule has 0 aliphatic carbocycles. The Bertz CT molecular complexity index is 699. The number of amides is 1. The minimum Gasteiger partial charge on any atom is -0.382 e. The number of thiazole rings is 1. The summed E-state index contributed by atoms with van der Waals surface area (Å²) in [5, 5.41) is 10.6. The van der Waals surface area contributed by atoms with Gasteiger partial charge in [-0.15, -0.1) is 0 Å². The van der Waals surface area contributed by atoms with Crippen LogP contribution in [0.25, 0.3) is 0 Å². The van der Waals surface area contributed by atoms with Crippen LogP contribution in [0, 0.1) is 0 Å². The Kier molecular flexibility index (Phi) is 5.00. The van der Waals surface area contributed by atoms with E-state index in [2.05, 4.69) is 20.9 Å². The molecule has 23 heavy (non-hydrogen) atoms. The van der Waals surface area contributed by atoms with Gasteiger partial charge in [0.2, 0.25) is 0 Å². The average molecular weight is 352 g/mol. The molecule has 3 rings (SSSR count). The number of carbonyl (C=O) groups excluding carboxylic acids is 1. The van der Waals surface area contributed by atoms with Crippen molar-refractivity contribution in [1.29, 1.82) is 0 Å². The zero-order chi connectivity index (χ0) is 16.2. The Morgan fingerprint density at radius 1 is 1.48 bits per heavy atom. The van der Waals surface area contributed by atoms with Crippen molar-refractivity contribution >= 4 is 45.5 Å². The summed E-state index contributed by atoms with van der Waals surface area (Å²) < 4.78 is 0. The number of nitrogens with zero attached hydrogens (tertiary/aromatic N) is 1. The van der Waals surface area contributed by atoms with E-state index in [0.717, 1.165) is 31.6 Å². The summed E-state index contributed by atoms with van der Waals surface area (Å²) in [6.45, 7) is 1.79. The largest absolute Gasteiger partial charge is 0.382 e. The topological polar surface area (TPSA) is 92.1 Å². The number of nitrogens with two attached hydrogens (primary N) is 1. The maximum absolute atomic E-state index is 12.4. The smallest absolute Gasteiger partial charge is 0.265 e. The molecule has 8 heteroatoms. The first-order chi connectivity index (χ1) is 11.1. The monoisotopic (exact) mass is 351 g/mol. The first-order valence-electron chi connectivity index (χ1n) is 7.42. The van der Waals surface area contributed by atoms with Crippen LogP contribution in [-0.4, -0.2) is 30.0 Å². The molecule has 0 saturated carbocycles. The van der Waals surface area contributed by atoms with Crippen LogP contribution in [0.15, 0.2) is 24.3 Å². The molecular formula is C15H18ClN5OS. The number of hydrogen-bond acceptors (Lipinski definition) is 6. The molecule has 0 spiro atoms. The average Bonchev–Trinajstić information content (AvgIpc) is 2.89. The summed E-state index contributed by atoms with van der Waals surface area (Å²) in [4.78, 5) is 17.0. The second-order valence-corrected chi connectivity index (χ2v) is 6.82. The van der Waals surface area contributed by atoms with Gasteiger partial charge in [-0.05, 0) is 37.6 Å². The normalized spacial score (nSPS) is 17.7. The van der Waals surface area contributed by atoms with Gasteiger partial charge >= 0.3 is 0 Å². The SMILES string of the molecule is Nc1nc(Nc2cccc(Cl)c2)sc1C(=O)N[C@H]1CCCNC1. The Balaban J connectivity index is 1.68. The third kappa shape index (κ3) is 4.13. The van der Waals surface area contributed by atoms with Crippen LogP contribution in [0.4, 0.5) is 16.6 Å². The van der Waals surface area contributed by atoms with Crippen molar-refractivity contribution in [3.05, 3.63) is 34.2 Å². The van der Waals surface area contributed by atoms with Crippen LogP contribution in [0.1, 0.15) is 22.5 Å². The summed E-state index contributed by atoms with van der Waals surface area (Å²) in [5.41, 5.74) is 6.69. The van der Waals surface area contributed by atoms with E-state index in [4.69, 9.17) is 17.3 Å². The van der Waals surface area contributed by atoms with Gasteiger partial charge in [0.05, 0.1) is 0 Å². The quantitative estimate of drug-likeness (QED) is 0.679. The van der Waals surface area contributed by atoms with Crippen LogP contribution in [0.2, 0.25) is 5.02 Å². The minimum absolute atomic E-state index is 0.141. The molecule has 1 fully saturated rings. The molecule has 6 nitrogen and oxygen atoms in total. The maximum atomic E-state index is 12.4. The van der Waals surface area contributed by atoms with Crippen LogP contribution in [0.3, 0.4) is 0 Å². The van der Waals surface area contributed by atoms with Gasteiger partial charge in [-0.1, -0.05) is 29.0 Å². The number of rotatable bonds is 4. The Labute approximate surface area is 143 Å². The number of halogens is 1. The molecule has 1 aromatic carbocycles. The standard InChI is InChI=1S/C15H18ClN5OS/c16-9-3-1-4-10(7-9)20-15-21-13(17)12(23-15)14(22)19-11-5-2-6-18-8-11/h1,3-4,7,11,18H,2,5-6,8,17H2,(H,19,22)(H,20,21)/t11-/m0/s1. The van der Waals surface area contributed by atoms with Crippen molar-refractivity contribution in [3.8, 4) is 0 Å². The Hall–Kier alpha value is -1.83. The third-order valence-corrected chi connectivity index (χ3v) is 4.79. The van der Waals surface area contributed by atoms with E-state index in [0.29, 0.717) is 15.0 Å². The van der Waals surface area contributed by atoms with Crippen molar-refractivity contribution in [2.45, 2.75) is 18.9 Å². The molecule has 5 N–H and O–H groups in total. The zero-order valence-corrected chi connectivity index (χ0v) is 14.0. The molecule has 0 unspecified atom stereocenters. The third-order valence-electron chi connectivity index (χ3n) is 3.57. The summed E-state index contributed by atoms with van der Waals surface area (Å²) >= 11 is 7.19. The second kappa shape index (κ2) is 7.16. The van der Waals surface area contributed by atoms with Crippen molar-refractivity contribution in [1.82, 2.24) is 15.6 Å². The van der Waals surface area contributed by atoms with Crippen LogP contribution in [-0.2, 0) is 0 Å². The van der Waals surface area contributed by atoms with Crippen LogP contribution < -0.4 is 21.7 Å². The summed E-state index contributed by atoms with van der Waals surface area (Å²) in [7, 11) is 0. The molecule has 1 atom stereocenters. The molecule has 122 valence electrons. The fourth-order valence-electron chi connectivity index (χ4n) is 2.46. The number of anilines is 3. The van der Waals surface area contributed by atoms with Crippen molar-refractivity contribution in [2.24, 2.45) is 0 Å². The number of aromatic nitrogens is 1. The van der Waals surface area contributed by atoms with Crippen molar-refractivity contribution in [2.75, 3.05) is 24.1 Å². The van der Waals surface area contributed by atoms with Gasteiger partial charge in [0.1, 0.15) is 10.7 Å². The number of hydrogen-bond donors (Lipinski definition) is 4. The lowest BCUT2D eigenvalue weighted by atomic mass is 10.1. The zero-order valence-electron chi connectivity index (χ0n) is 12.4. The van der Waals surface area contributed by atoms with E-state index >= 15 is 0 Å². The highest BCUT2D eigenvalue weighted by Gasteiger charge is 2.21. The molecule has 1 aliphatic rings. The predicted molar refractivity (Wildman–Crippen MR) is 94.6 cm³/mol. The van der Waals surface area contributed by atoms with Gasteiger partial charge < -0.3 is 21.7 Å². The Morgan fingerprint density at radius 2 is 2.35 bits per heavy atom. The second-order valence-electron chi connectivity index (χ2n) is 5.39. The van der Waals surface area contributed by atoms with Gasteiger partial charge in [-0.25, -0.2) is 4.98 Å². The lowest BCUT2D eigenvalue weighted by Crippen LogP contribution is -2.45. The van der Waals surface area contributed by atoms with E-state index in [1.807, 2.05) is 12.1 Å². The van der Waals surface area contributed by atoms with Gasteiger partial charge in [0.15, 0.2) is 5.13 Å². The highest BCUT2D eigenvalue weighted by Crippen LogP contribution is 2.28. The summed E-state index contributed by atoms with van der Waals surface area (Å²) in [6, 6.07) is 7.43. The molecule has 2 aromatic rings. The number of nitrogens with one attached hydrogen (secondary N) is 3. The minimum atomic E-state index is -0.173. The van der Waals surface area contributed by atoms with E-state index < -0.39 is 0 Å². The fraction of sp³-hybridized carbons (Fsp3) is 0.333. The highest BCUT2D eigenvalue weighted by molar-refractivity contribution is 7.18.